The number of anilines is 3. The third-order valence-corrected chi connectivity index (χ3v) is 3.88. The average Bonchev–Trinajstić information content (AvgIpc) is 2.68. The molecule has 0 saturated carbocycles. The zero-order valence-corrected chi connectivity index (χ0v) is 15.7. The molecule has 0 aromatic heterocycles. The van der Waals surface area contributed by atoms with Gasteiger partial charge in [0.1, 0.15) is 12.4 Å². The monoisotopic (exact) mass is 367 g/mol. The van der Waals surface area contributed by atoms with Gasteiger partial charge in [-0.3, -0.25) is 9.59 Å². The minimum atomic E-state index is -0.177. The predicted octanol–water partition coefficient (Wildman–Crippen LogP) is 3.96. The predicted molar refractivity (Wildman–Crippen MR) is 109 cm³/mol. The number of carbonyl (C=O) groups is 2. The Balaban J connectivity index is 1.91. The topological polar surface area (TPSA) is 79.5 Å². The largest absolute Gasteiger partial charge is 0.490 e. The van der Waals surface area contributed by atoms with E-state index in [2.05, 4.69) is 22.5 Å². The van der Waals surface area contributed by atoms with Gasteiger partial charge in [-0.15, -0.1) is 0 Å². The second-order valence-electron chi connectivity index (χ2n) is 5.91. The molecule has 0 aliphatic carbocycles. The van der Waals surface area contributed by atoms with Crippen LogP contribution >= 0.6 is 0 Å². The van der Waals surface area contributed by atoms with Crippen LogP contribution in [-0.4, -0.2) is 25.0 Å². The van der Waals surface area contributed by atoms with Gasteiger partial charge in [0, 0.05) is 23.5 Å². The Morgan fingerprint density at radius 3 is 2.26 bits per heavy atom. The van der Waals surface area contributed by atoms with E-state index in [0.717, 1.165) is 17.0 Å². The van der Waals surface area contributed by atoms with Crippen molar-refractivity contribution in [2.45, 2.75) is 20.3 Å². The lowest BCUT2D eigenvalue weighted by atomic mass is 10.1. The zero-order valence-electron chi connectivity index (χ0n) is 15.7. The lowest BCUT2D eigenvalue weighted by Crippen LogP contribution is -2.22. The van der Waals surface area contributed by atoms with Gasteiger partial charge in [0.2, 0.25) is 11.8 Å². The Kier molecular flexibility index (Phi) is 7.43. The molecule has 0 bridgehead atoms. The van der Waals surface area contributed by atoms with Crippen LogP contribution in [-0.2, 0) is 9.59 Å². The number of amides is 2. The minimum absolute atomic E-state index is 0.0660. The maximum atomic E-state index is 12.2. The van der Waals surface area contributed by atoms with E-state index in [-0.39, 0.29) is 18.4 Å². The van der Waals surface area contributed by atoms with Crippen molar-refractivity contribution >= 4 is 28.9 Å². The highest BCUT2D eigenvalue weighted by Gasteiger charge is 2.09. The molecular weight excluding hydrogens is 342 g/mol. The molecule has 0 unspecified atom stereocenters. The molecule has 0 saturated heterocycles. The quantitative estimate of drug-likeness (QED) is 0.586. The van der Waals surface area contributed by atoms with Crippen molar-refractivity contribution in [3.8, 4) is 5.75 Å². The van der Waals surface area contributed by atoms with Crippen LogP contribution in [0.5, 0.6) is 5.75 Å². The van der Waals surface area contributed by atoms with Crippen LogP contribution in [0.2, 0.25) is 0 Å². The summed E-state index contributed by atoms with van der Waals surface area (Å²) in [6.45, 7) is 7.83. The van der Waals surface area contributed by atoms with Crippen LogP contribution < -0.4 is 20.7 Å². The lowest BCUT2D eigenvalue weighted by molar-refractivity contribution is -0.116. The molecule has 2 amide bonds. The highest BCUT2D eigenvalue weighted by atomic mass is 16.5. The van der Waals surface area contributed by atoms with Crippen molar-refractivity contribution in [1.29, 1.82) is 0 Å². The molecule has 0 fully saturated rings. The molecule has 27 heavy (non-hydrogen) atoms. The smallest absolute Gasteiger partial charge is 0.243 e. The summed E-state index contributed by atoms with van der Waals surface area (Å²) < 4.78 is 5.42. The Labute approximate surface area is 159 Å². The molecule has 0 atom stereocenters. The first-order valence-electron chi connectivity index (χ1n) is 8.80. The van der Waals surface area contributed by atoms with Gasteiger partial charge in [0.15, 0.2) is 0 Å². The lowest BCUT2D eigenvalue weighted by Gasteiger charge is -2.14. The van der Waals surface area contributed by atoms with Crippen LogP contribution in [0.25, 0.3) is 0 Å². The van der Waals surface area contributed by atoms with Gasteiger partial charge in [0.05, 0.1) is 6.54 Å². The second-order valence-corrected chi connectivity index (χ2v) is 5.91. The Hall–Kier alpha value is -3.28. The summed E-state index contributed by atoms with van der Waals surface area (Å²) >= 11 is 0. The second kappa shape index (κ2) is 10.0. The van der Waals surface area contributed by atoms with Crippen LogP contribution in [0.15, 0.2) is 55.1 Å². The number of ether oxygens (including phenoxy) is 1. The van der Waals surface area contributed by atoms with E-state index in [1.807, 2.05) is 37.3 Å². The summed E-state index contributed by atoms with van der Waals surface area (Å²) in [5.74, 6) is 0.499. The first kappa shape index (κ1) is 20.0. The van der Waals surface area contributed by atoms with E-state index < -0.39 is 0 Å². The molecule has 0 spiro atoms. The SMILES string of the molecule is C=CCOc1ccc(NCC(=O)Nc2cccc(NC(=O)CC)c2C)cc1. The maximum Gasteiger partial charge on any atom is 0.243 e. The molecule has 6 heteroatoms. The van der Waals surface area contributed by atoms with Gasteiger partial charge in [-0.1, -0.05) is 25.6 Å². The van der Waals surface area contributed by atoms with Gasteiger partial charge in [-0.05, 0) is 48.9 Å². The zero-order chi connectivity index (χ0) is 19.6. The first-order valence-corrected chi connectivity index (χ1v) is 8.80. The van der Waals surface area contributed by atoms with Gasteiger partial charge >= 0.3 is 0 Å². The van der Waals surface area contributed by atoms with E-state index in [9.17, 15) is 9.59 Å². The van der Waals surface area contributed by atoms with E-state index in [1.54, 1.807) is 25.1 Å². The van der Waals surface area contributed by atoms with Crippen LogP contribution in [0.3, 0.4) is 0 Å². The standard InChI is InChI=1S/C21H25N3O3/c1-4-13-27-17-11-9-16(10-12-17)22-14-21(26)24-19-8-6-7-18(15(19)3)23-20(25)5-2/h4,6-12,22H,1,5,13-14H2,2-3H3,(H,23,25)(H,24,26). The molecule has 2 aromatic rings. The Bertz CT molecular complexity index is 801. The fourth-order valence-corrected chi connectivity index (χ4v) is 2.35. The van der Waals surface area contributed by atoms with Crippen LogP contribution in [0.4, 0.5) is 17.1 Å². The van der Waals surface area contributed by atoms with E-state index in [0.29, 0.717) is 24.4 Å². The van der Waals surface area contributed by atoms with Crippen molar-refractivity contribution in [3.63, 3.8) is 0 Å². The molecule has 142 valence electrons. The van der Waals surface area contributed by atoms with Crippen LogP contribution in [0, 0.1) is 6.92 Å². The summed E-state index contributed by atoms with van der Waals surface area (Å²) in [6, 6.07) is 12.8. The fraction of sp³-hybridized carbons (Fsp3) is 0.238. The highest BCUT2D eigenvalue weighted by molar-refractivity contribution is 5.97. The van der Waals surface area contributed by atoms with E-state index >= 15 is 0 Å². The summed E-state index contributed by atoms with van der Waals surface area (Å²) in [5.41, 5.74) is 3.00. The van der Waals surface area contributed by atoms with Crippen molar-refractivity contribution in [3.05, 3.63) is 60.7 Å². The van der Waals surface area contributed by atoms with Crippen molar-refractivity contribution < 1.29 is 14.3 Å². The van der Waals surface area contributed by atoms with Crippen LogP contribution in [0.1, 0.15) is 18.9 Å². The molecule has 2 aromatic carbocycles. The number of carbonyl (C=O) groups excluding carboxylic acids is 2. The summed E-state index contributed by atoms with van der Waals surface area (Å²) in [4.78, 5) is 23.8. The van der Waals surface area contributed by atoms with Gasteiger partial charge in [-0.25, -0.2) is 0 Å². The molecule has 3 N–H and O–H groups in total. The molecule has 0 aliphatic rings. The van der Waals surface area contributed by atoms with Gasteiger partial charge < -0.3 is 20.7 Å². The van der Waals surface area contributed by atoms with Gasteiger partial charge in [-0.2, -0.15) is 0 Å². The number of rotatable bonds is 9. The third-order valence-electron chi connectivity index (χ3n) is 3.88. The van der Waals surface area contributed by atoms with E-state index in [1.165, 1.54) is 0 Å². The molecule has 0 heterocycles. The maximum absolute atomic E-state index is 12.2. The van der Waals surface area contributed by atoms with Crippen molar-refractivity contribution in [2.24, 2.45) is 0 Å². The Morgan fingerprint density at radius 1 is 1.04 bits per heavy atom. The summed E-state index contributed by atoms with van der Waals surface area (Å²) in [6.07, 6.45) is 2.08. The molecular formula is C21H25N3O3. The van der Waals surface area contributed by atoms with Crippen molar-refractivity contribution in [2.75, 3.05) is 29.1 Å². The number of benzene rings is 2. The summed E-state index contributed by atoms with van der Waals surface area (Å²) in [7, 11) is 0. The minimum Gasteiger partial charge on any atom is -0.490 e. The van der Waals surface area contributed by atoms with E-state index in [4.69, 9.17) is 4.74 Å². The summed E-state index contributed by atoms with van der Waals surface area (Å²) in [5, 5.41) is 8.76. The third kappa shape index (κ3) is 6.18. The average molecular weight is 367 g/mol. The molecule has 0 aliphatic heterocycles. The highest BCUT2D eigenvalue weighted by Crippen LogP contribution is 2.23. The molecule has 2 rings (SSSR count). The van der Waals surface area contributed by atoms with Gasteiger partial charge in [0.25, 0.3) is 0 Å². The normalized spacial score (nSPS) is 10.0. The molecule has 0 radical (unpaired) electrons. The molecule has 6 nitrogen and oxygen atoms in total. The fourth-order valence-electron chi connectivity index (χ4n) is 2.35. The van der Waals surface area contributed by atoms with Crippen molar-refractivity contribution in [1.82, 2.24) is 0 Å². The number of hydrogen-bond acceptors (Lipinski definition) is 4. The Morgan fingerprint density at radius 2 is 1.67 bits per heavy atom. The number of hydrogen-bond donors (Lipinski definition) is 3. The number of nitrogens with one attached hydrogen (secondary N) is 3. The first-order chi connectivity index (χ1) is 13.0.